The number of aliphatic imine (C=N–C) groups is 1. The van der Waals surface area contributed by atoms with Gasteiger partial charge in [0, 0.05) is 56.4 Å². The summed E-state index contributed by atoms with van der Waals surface area (Å²) in [6, 6.07) is 5.62. The smallest absolute Gasteiger partial charge is 0.191 e. The molecule has 0 amide bonds. The van der Waals surface area contributed by atoms with Crippen molar-refractivity contribution in [3.8, 4) is 0 Å². The number of halogens is 3. The largest absolute Gasteiger partial charge is 0.356 e. The third-order valence-corrected chi connectivity index (χ3v) is 5.35. The first-order chi connectivity index (χ1) is 12.4. The molecular weight excluding hydrogens is 496 g/mol. The molecule has 1 heterocycles. The van der Waals surface area contributed by atoms with E-state index in [1.807, 2.05) is 12.1 Å². The van der Waals surface area contributed by atoms with E-state index >= 15 is 0 Å². The van der Waals surface area contributed by atoms with Gasteiger partial charge in [-0.25, -0.2) is 0 Å². The highest BCUT2D eigenvalue weighted by molar-refractivity contribution is 14.0. The lowest BCUT2D eigenvalue weighted by atomic mass is 10.1. The molecule has 1 aromatic rings. The first-order valence-corrected chi connectivity index (χ1v) is 9.97. The van der Waals surface area contributed by atoms with Crippen LogP contribution in [0.15, 0.2) is 23.2 Å². The van der Waals surface area contributed by atoms with Gasteiger partial charge in [0.25, 0.3) is 0 Å². The standard InChI is InChI=1S/C19H31Cl2N5.HI/c1-14(13-26-9-7-25(4)8-10-26)12-23-19(22-3)24-15(2)17-6-5-16(20)11-18(17)21;/h5-6,11,14-15H,7-10,12-13H2,1-4H3,(H2,22,23,24);1H. The second-order valence-electron chi connectivity index (χ2n) is 7.19. The fourth-order valence-electron chi connectivity index (χ4n) is 3.14. The molecule has 154 valence electrons. The van der Waals surface area contributed by atoms with Crippen LogP contribution in [0.3, 0.4) is 0 Å². The molecule has 1 aliphatic heterocycles. The van der Waals surface area contributed by atoms with Crippen molar-refractivity contribution in [1.29, 1.82) is 0 Å². The molecule has 27 heavy (non-hydrogen) atoms. The summed E-state index contributed by atoms with van der Waals surface area (Å²) in [7, 11) is 3.97. The normalized spacial score (nSPS) is 18.5. The number of nitrogens with one attached hydrogen (secondary N) is 2. The minimum Gasteiger partial charge on any atom is -0.356 e. The fourth-order valence-corrected chi connectivity index (χ4v) is 3.71. The number of likely N-dealkylation sites (N-methyl/N-ethyl adjacent to an activating group) is 1. The number of piperazine rings is 1. The van der Waals surface area contributed by atoms with E-state index in [2.05, 4.69) is 46.3 Å². The van der Waals surface area contributed by atoms with Crippen LogP contribution in [0.4, 0.5) is 0 Å². The quantitative estimate of drug-likeness (QED) is 0.336. The van der Waals surface area contributed by atoms with Gasteiger partial charge in [-0.15, -0.1) is 24.0 Å². The second kappa shape index (κ2) is 12.3. The highest BCUT2D eigenvalue weighted by atomic mass is 127. The SMILES string of the molecule is CN=C(NCC(C)CN1CCN(C)CC1)NC(C)c1ccc(Cl)cc1Cl.I. The Bertz CT molecular complexity index is 606. The van der Waals surface area contributed by atoms with Gasteiger partial charge in [0.2, 0.25) is 0 Å². The molecule has 0 aromatic heterocycles. The highest BCUT2D eigenvalue weighted by Crippen LogP contribution is 2.25. The van der Waals surface area contributed by atoms with Crippen molar-refractivity contribution in [2.75, 3.05) is 53.4 Å². The van der Waals surface area contributed by atoms with Crippen LogP contribution in [0, 0.1) is 5.92 Å². The van der Waals surface area contributed by atoms with E-state index in [9.17, 15) is 0 Å². The average molecular weight is 528 g/mol. The zero-order valence-electron chi connectivity index (χ0n) is 16.6. The van der Waals surface area contributed by atoms with E-state index < -0.39 is 0 Å². The monoisotopic (exact) mass is 527 g/mol. The van der Waals surface area contributed by atoms with Gasteiger partial charge in [0.1, 0.15) is 0 Å². The number of nitrogens with zero attached hydrogens (tertiary/aromatic N) is 3. The van der Waals surface area contributed by atoms with Gasteiger partial charge in [-0.2, -0.15) is 0 Å². The van der Waals surface area contributed by atoms with Crippen LogP contribution in [0.2, 0.25) is 10.0 Å². The first-order valence-electron chi connectivity index (χ1n) is 9.22. The van der Waals surface area contributed by atoms with Gasteiger partial charge < -0.3 is 20.4 Å². The number of benzene rings is 1. The molecule has 0 aliphatic carbocycles. The van der Waals surface area contributed by atoms with Gasteiger partial charge in [-0.05, 0) is 37.6 Å². The van der Waals surface area contributed by atoms with E-state index in [0.717, 1.165) is 50.8 Å². The molecule has 0 radical (unpaired) electrons. The Labute approximate surface area is 190 Å². The molecule has 0 bridgehead atoms. The van der Waals surface area contributed by atoms with Gasteiger partial charge in [-0.1, -0.05) is 36.2 Å². The van der Waals surface area contributed by atoms with E-state index in [-0.39, 0.29) is 30.0 Å². The number of hydrogen-bond acceptors (Lipinski definition) is 3. The Morgan fingerprint density at radius 3 is 2.44 bits per heavy atom. The Balaban J connectivity index is 0.00000364. The van der Waals surface area contributed by atoms with Crippen molar-refractivity contribution in [3.05, 3.63) is 33.8 Å². The summed E-state index contributed by atoms with van der Waals surface area (Å²) in [6.07, 6.45) is 0. The molecule has 2 N–H and O–H groups in total. The molecule has 1 fully saturated rings. The Hall–Kier alpha value is -0.280. The zero-order valence-corrected chi connectivity index (χ0v) is 20.5. The summed E-state index contributed by atoms with van der Waals surface area (Å²) < 4.78 is 0. The topological polar surface area (TPSA) is 42.9 Å². The van der Waals surface area contributed by atoms with Crippen molar-refractivity contribution < 1.29 is 0 Å². The zero-order chi connectivity index (χ0) is 19.1. The molecule has 0 spiro atoms. The average Bonchev–Trinajstić information content (AvgIpc) is 2.60. The van der Waals surface area contributed by atoms with Crippen LogP contribution in [0.5, 0.6) is 0 Å². The molecule has 2 atom stereocenters. The van der Waals surface area contributed by atoms with Crippen molar-refractivity contribution in [2.24, 2.45) is 10.9 Å². The Kier molecular flexibility index (Phi) is 11.3. The molecule has 2 unspecified atom stereocenters. The maximum Gasteiger partial charge on any atom is 0.191 e. The summed E-state index contributed by atoms with van der Waals surface area (Å²) in [4.78, 5) is 9.26. The lowest BCUT2D eigenvalue weighted by Crippen LogP contribution is -2.47. The third-order valence-electron chi connectivity index (χ3n) is 4.79. The van der Waals surface area contributed by atoms with Crippen LogP contribution in [0.25, 0.3) is 0 Å². The number of guanidine groups is 1. The minimum atomic E-state index is 0. The number of hydrogen-bond donors (Lipinski definition) is 2. The van der Waals surface area contributed by atoms with Gasteiger partial charge >= 0.3 is 0 Å². The lowest BCUT2D eigenvalue weighted by Gasteiger charge is -2.34. The molecule has 5 nitrogen and oxygen atoms in total. The van der Waals surface area contributed by atoms with Crippen molar-refractivity contribution in [1.82, 2.24) is 20.4 Å². The molecule has 8 heteroatoms. The maximum absolute atomic E-state index is 6.30. The van der Waals surface area contributed by atoms with Gasteiger partial charge in [0.05, 0.1) is 6.04 Å². The lowest BCUT2D eigenvalue weighted by molar-refractivity contribution is 0.139. The second-order valence-corrected chi connectivity index (χ2v) is 8.04. The Morgan fingerprint density at radius 1 is 1.19 bits per heavy atom. The van der Waals surface area contributed by atoms with E-state index in [1.54, 1.807) is 13.1 Å². The molecule has 1 aliphatic rings. The molecule has 0 saturated carbocycles. The van der Waals surface area contributed by atoms with Crippen LogP contribution in [0.1, 0.15) is 25.5 Å². The van der Waals surface area contributed by atoms with Crippen LogP contribution in [-0.4, -0.2) is 69.1 Å². The van der Waals surface area contributed by atoms with Crippen LogP contribution in [-0.2, 0) is 0 Å². The predicted octanol–water partition coefficient (Wildman–Crippen LogP) is 3.72. The van der Waals surface area contributed by atoms with Crippen molar-refractivity contribution in [2.45, 2.75) is 19.9 Å². The third kappa shape index (κ3) is 8.31. The van der Waals surface area contributed by atoms with E-state index in [1.165, 1.54) is 0 Å². The maximum atomic E-state index is 6.30. The van der Waals surface area contributed by atoms with Crippen molar-refractivity contribution in [3.63, 3.8) is 0 Å². The molecule has 1 aromatic carbocycles. The Morgan fingerprint density at radius 2 is 1.85 bits per heavy atom. The summed E-state index contributed by atoms with van der Waals surface area (Å²) >= 11 is 12.3. The van der Waals surface area contributed by atoms with E-state index in [4.69, 9.17) is 23.2 Å². The summed E-state index contributed by atoms with van der Waals surface area (Å²) in [6.45, 7) is 10.9. The molecular formula is C19H32Cl2IN5. The van der Waals surface area contributed by atoms with Gasteiger partial charge in [-0.3, -0.25) is 4.99 Å². The van der Waals surface area contributed by atoms with Crippen LogP contribution >= 0.6 is 47.2 Å². The fraction of sp³-hybridized carbons (Fsp3) is 0.632. The molecule has 2 rings (SSSR count). The number of rotatable bonds is 6. The summed E-state index contributed by atoms with van der Waals surface area (Å²) in [5, 5.41) is 8.14. The van der Waals surface area contributed by atoms with Gasteiger partial charge in [0.15, 0.2) is 5.96 Å². The van der Waals surface area contributed by atoms with E-state index in [0.29, 0.717) is 16.0 Å². The summed E-state index contributed by atoms with van der Waals surface area (Å²) in [5.74, 6) is 1.33. The first kappa shape index (κ1) is 24.8. The van der Waals surface area contributed by atoms with Crippen LogP contribution < -0.4 is 10.6 Å². The van der Waals surface area contributed by atoms with Crippen molar-refractivity contribution >= 4 is 53.1 Å². The summed E-state index contributed by atoms with van der Waals surface area (Å²) in [5.41, 5.74) is 1.00. The predicted molar refractivity (Wildman–Crippen MR) is 128 cm³/mol. The minimum absolute atomic E-state index is 0. The highest BCUT2D eigenvalue weighted by Gasteiger charge is 2.17. The molecule has 1 saturated heterocycles.